The number of carbonyl (C=O) groups is 1. The van der Waals surface area contributed by atoms with Crippen molar-refractivity contribution in [2.75, 3.05) is 33.4 Å². The van der Waals surface area contributed by atoms with Gasteiger partial charge in [-0.25, -0.2) is 4.79 Å². The largest absolute Gasteiger partial charge is 0.444 e. The number of hydrogen-bond donors (Lipinski definition) is 1. The van der Waals surface area contributed by atoms with Crippen LogP contribution in [-0.4, -0.2) is 56.0 Å². The Morgan fingerprint density at radius 2 is 1.88 bits per heavy atom. The summed E-state index contributed by atoms with van der Waals surface area (Å²) in [4.78, 5) is 14.1. The lowest BCUT2D eigenvalue weighted by Crippen LogP contribution is -2.51. The molecule has 1 aliphatic heterocycles. The molecule has 1 aliphatic rings. The highest BCUT2D eigenvalue weighted by atomic mass is 16.6. The average molecular weight is 343 g/mol. The van der Waals surface area contributed by atoms with Gasteiger partial charge in [-0.15, -0.1) is 0 Å². The third kappa shape index (κ3) is 6.98. The van der Waals surface area contributed by atoms with Gasteiger partial charge in [0.1, 0.15) is 5.60 Å². The molecular weight excluding hydrogens is 304 g/mol. The zero-order valence-electron chi connectivity index (χ0n) is 16.6. The van der Waals surface area contributed by atoms with Gasteiger partial charge < -0.3 is 19.7 Å². The molecule has 1 heterocycles. The lowest BCUT2D eigenvalue weighted by atomic mass is 9.78. The predicted molar refractivity (Wildman–Crippen MR) is 98.3 cm³/mol. The van der Waals surface area contributed by atoms with E-state index in [9.17, 15) is 4.79 Å². The SMILES string of the molecule is CCCC(CC)NCC1(COC)CCN(C(=O)OC(C)(C)C)CC1. The van der Waals surface area contributed by atoms with Crippen molar-refractivity contribution < 1.29 is 14.3 Å². The number of methoxy groups -OCH3 is 1. The van der Waals surface area contributed by atoms with Gasteiger partial charge in [0.25, 0.3) is 0 Å². The predicted octanol–water partition coefficient (Wildman–Crippen LogP) is 3.82. The summed E-state index contributed by atoms with van der Waals surface area (Å²) in [5.41, 5.74) is -0.317. The van der Waals surface area contributed by atoms with E-state index in [-0.39, 0.29) is 11.5 Å². The summed E-state index contributed by atoms with van der Waals surface area (Å²) in [6.07, 6.45) is 5.28. The Morgan fingerprint density at radius 3 is 2.33 bits per heavy atom. The number of nitrogens with zero attached hydrogens (tertiary/aromatic N) is 1. The van der Waals surface area contributed by atoms with Crippen LogP contribution in [0.1, 0.15) is 66.7 Å². The Morgan fingerprint density at radius 1 is 1.25 bits per heavy atom. The smallest absolute Gasteiger partial charge is 0.410 e. The van der Waals surface area contributed by atoms with Crippen LogP contribution < -0.4 is 5.32 Å². The van der Waals surface area contributed by atoms with Crippen LogP contribution in [-0.2, 0) is 9.47 Å². The molecule has 1 fully saturated rings. The van der Waals surface area contributed by atoms with E-state index >= 15 is 0 Å². The minimum absolute atomic E-state index is 0.119. The molecule has 0 radical (unpaired) electrons. The van der Waals surface area contributed by atoms with Crippen molar-refractivity contribution in [3.8, 4) is 0 Å². The summed E-state index contributed by atoms with van der Waals surface area (Å²) in [5, 5.41) is 3.73. The zero-order valence-corrected chi connectivity index (χ0v) is 16.6. The first-order valence-corrected chi connectivity index (χ1v) is 9.45. The second kappa shape index (κ2) is 9.62. The van der Waals surface area contributed by atoms with Crippen LogP contribution in [0.15, 0.2) is 0 Å². The Labute approximate surface area is 148 Å². The van der Waals surface area contributed by atoms with Gasteiger partial charge in [0.05, 0.1) is 6.61 Å². The van der Waals surface area contributed by atoms with Crippen LogP contribution >= 0.6 is 0 Å². The maximum Gasteiger partial charge on any atom is 0.410 e. The molecule has 1 rings (SSSR count). The summed E-state index contributed by atoms with van der Waals surface area (Å²) in [6, 6.07) is 0.576. The monoisotopic (exact) mass is 342 g/mol. The van der Waals surface area contributed by atoms with Gasteiger partial charge in [0.2, 0.25) is 0 Å². The fourth-order valence-electron chi connectivity index (χ4n) is 3.33. The molecule has 0 aromatic carbocycles. The Bertz CT molecular complexity index is 371. The van der Waals surface area contributed by atoms with Crippen LogP contribution in [0.5, 0.6) is 0 Å². The van der Waals surface area contributed by atoms with Gasteiger partial charge >= 0.3 is 6.09 Å². The minimum Gasteiger partial charge on any atom is -0.444 e. The van der Waals surface area contributed by atoms with Gasteiger partial charge in [0.15, 0.2) is 0 Å². The van der Waals surface area contributed by atoms with Crippen molar-refractivity contribution in [2.45, 2.75) is 78.4 Å². The molecule has 142 valence electrons. The van der Waals surface area contributed by atoms with Crippen molar-refractivity contribution in [3.05, 3.63) is 0 Å². The number of nitrogens with one attached hydrogen (secondary N) is 1. The molecule has 24 heavy (non-hydrogen) atoms. The second-order valence-corrected chi connectivity index (χ2v) is 8.18. The number of hydrogen-bond acceptors (Lipinski definition) is 4. The molecule has 1 N–H and O–H groups in total. The zero-order chi connectivity index (χ0) is 18.2. The van der Waals surface area contributed by atoms with Gasteiger partial charge in [-0.1, -0.05) is 20.3 Å². The van der Waals surface area contributed by atoms with E-state index < -0.39 is 5.60 Å². The number of carbonyl (C=O) groups excluding carboxylic acids is 1. The number of amides is 1. The summed E-state index contributed by atoms with van der Waals surface area (Å²) in [6.45, 7) is 13.4. The Hall–Kier alpha value is -0.810. The quantitative estimate of drug-likeness (QED) is 0.728. The maximum atomic E-state index is 12.2. The van der Waals surface area contributed by atoms with Crippen molar-refractivity contribution in [3.63, 3.8) is 0 Å². The molecule has 1 atom stereocenters. The Kier molecular flexibility index (Phi) is 8.51. The van der Waals surface area contributed by atoms with Crippen LogP contribution in [0.4, 0.5) is 4.79 Å². The number of likely N-dealkylation sites (tertiary alicyclic amines) is 1. The van der Waals surface area contributed by atoms with Crippen molar-refractivity contribution >= 4 is 6.09 Å². The van der Waals surface area contributed by atoms with Gasteiger partial charge in [0, 0.05) is 38.2 Å². The summed E-state index contributed by atoms with van der Waals surface area (Å²) in [7, 11) is 1.77. The second-order valence-electron chi connectivity index (χ2n) is 8.18. The van der Waals surface area contributed by atoms with E-state index in [2.05, 4.69) is 19.2 Å². The molecule has 5 nitrogen and oxygen atoms in total. The number of piperidine rings is 1. The van der Waals surface area contributed by atoms with E-state index in [0.717, 1.165) is 45.5 Å². The van der Waals surface area contributed by atoms with E-state index in [4.69, 9.17) is 9.47 Å². The molecule has 0 bridgehead atoms. The third-order valence-electron chi connectivity index (χ3n) is 4.82. The highest BCUT2D eigenvalue weighted by Crippen LogP contribution is 2.32. The fourth-order valence-corrected chi connectivity index (χ4v) is 3.33. The number of rotatable bonds is 8. The van der Waals surface area contributed by atoms with Crippen LogP contribution in [0.25, 0.3) is 0 Å². The molecular formula is C19H38N2O3. The highest BCUT2D eigenvalue weighted by molar-refractivity contribution is 5.68. The molecule has 5 heteroatoms. The van der Waals surface area contributed by atoms with E-state index in [1.807, 2.05) is 25.7 Å². The molecule has 1 saturated heterocycles. The van der Waals surface area contributed by atoms with E-state index in [1.165, 1.54) is 12.8 Å². The molecule has 0 aromatic rings. The molecule has 0 aromatic heterocycles. The lowest BCUT2D eigenvalue weighted by molar-refractivity contribution is -0.00739. The lowest BCUT2D eigenvalue weighted by Gasteiger charge is -2.42. The highest BCUT2D eigenvalue weighted by Gasteiger charge is 2.37. The van der Waals surface area contributed by atoms with Crippen LogP contribution in [0.2, 0.25) is 0 Å². The van der Waals surface area contributed by atoms with Crippen LogP contribution in [0, 0.1) is 5.41 Å². The van der Waals surface area contributed by atoms with Crippen LogP contribution in [0.3, 0.4) is 0 Å². The topological polar surface area (TPSA) is 50.8 Å². The van der Waals surface area contributed by atoms with Gasteiger partial charge in [-0.2, -0.15) is 0 Å². The molecule has 1 unspecified atom stereocenters. The minimum atomic E-state index is -0.436. The first-order chi connectivity index (χ1) is 11.2. The molecule has 1 amide bonds. The van der Waals surface area contributed by atoms with E-state index in [1.54, 1.807) is 7.11 Å². The van der Waals surface area contributed by atoms with Crippen molar-refractivity contribution in [1.82, 2.24) is 10.2 Å². The first kappa shape index (κ1) is 21.2. The maximum absolute atomic E-state index is 12.2. The molecule has 0 spiro atoms. The number of ether oxygens (including phenoxy) is 2. The fraction of sp³-hybridized carbons (Fsp3) is 0.947. The standard InChI is InChI=1S/C19H38N2O3/c1-7-9-16(8-2)20-14-19(15-23-6)10-12-21(13-11-19)17(22)24-18(3,4)5/h16,20H,7-15H2,1-6H3. The van der Waals surface area contributed by atoms with Gasteiger partial charge in [-0.3, -0.25) is 0 Å². The molecule has 0 saturated carbocycles. The normalized spacial score (nSPS) is 19.2. The average Bonchev–Trinajstić information content (AvgIpc) is 2.51. The molecule has 0 aliphatic carbocycles. The van der Waals surface area contributed by atoms with Crippen molar-refractivity contribution in [1.29, 1.82) is 0 Å². The summed E-state index contributed by atoms with van der Waals surface area (Å²) in [5.74, 6) is 0. The third-order valence-corrected chi connectivity index (χ3v) is 4.82. The summed E-state index contributed by atoms with van der Waals surface area (Å²) >= 11 is 0. The summed E-state index contributed by atoms with van der Waals surface area (Å²) < 4.78 is 11.0. The Balaban J connectivity index is 2.57. The first-order valence-electron chi connectivity index (χ1n) is 9.45. The van der Waals surface area contributed by atoms with Gasteiger partial charge in [-0.05, 0) is 46.5 Å². The van der Waals surface area contributed by atoms with E-state index in [0.29, 0.717) is 6.04 Å². The van der Waals surface area contributed by atoms with Crippen molar-refractivity contribution in [2.24, 2.45) is 5.41 Å².